The highest BCUT2D eigenvalue weighted by Gasteiger charge is 2.39. The molecule has 0 N–H and O–H groups in total. The highest BCUT2D eigenvalue weighted by atomic mass is 16.5. The van der Waals surface area contributed by atoms with Crippen molar-refractivity contribution < 1.29 is 13.9 Å². The number of furan rings is 1. The van der Waals surface area contributed by atoms with Gasteiger partial charge in [-0.3, -0.25) is 4.79 Å². The third kappa shape index (κ3) is 1.48. The standard InChI is InChI=1S/C11H14O3/c1-8-4-5-9(14-8)10(12)11(2)6-3-7-13-11/h4-5H,3,6-7H2,1-2H3. The van der Waals surface area contributed by atoms with Crippen molar-refractivity contribution >= 4 is 5.78 Å². The van der Waals surface area contributed by atoms with Crippen molar-refractivity contribution in [2.24, 2.45) is 0 Å². The predicted molar refractivity (Wildman–Crippen MR) is 51.4 cm³/mol. The van der Waals surface area contributed by atoms with Gasteiger partial charge in [0.2, 0.25) is 5.78 Å². The van der Waals surface area contributed by atoms with Crippen LogP contribution in [-0.2, 0) is 4.74 Å². The second-order valence-electron chi connectivity index (χ2n) is 3.92. The van der Waals surface area contributed by atoms with Gasteiger partial charge in [-0.15, -0.1) is 0 Å². The lowest BCUT2D eigenvalue weighted by atomic mass is 9.96. The summed E-state index contributed by atoms with van der Waals surface area (Å²) >= 11 is 0. The van der Waals surface area contributed by atoms with Gasteiger partial charge in [0, 0.05) is 6.61 Å². The Balaban J connectivity index is 2.23. The topological polar surface area (TPSA) is 39.4 Å². The minimum Gasteiger partial charge on any atom is -0.458 e. The van der Waals surface area contributed by atoms with Gasteiger partial charge in [0.05, 0.1) is 0 Å². The number of ketones is 1. The van der Waals surface area contributed by atoms with Crippen molar-refractivity contribution in [3.63, 3.8) is 0 Å². The lowest BCUT2D eigenvalue weighted by molar-refractivity contribution is 0.0190. The minimum atomic E-state index is -0.662. The monoisotopic (exact) mass is 194 g/mol. The molecular weight excluding hydrogens is 180 g/mol. The van der Waals surface area contributed by atoms with Gasteiger partial charge in [0.25, 0.3) is 0 Å². The van der Waals surface area contributed by atoms with Crippen LogP contribution in [0, 0.1) is 6.92 Å². The van der Waals surface area contributed by atoms with E-state index in [9.17, 15) is 4.79 Å². The fraction of sp³-hybridized carbons (Fsp3) is 0.545. The molecule has 0 aromatic carbocycles. The van der Waals surface area contributed by atoms with E-state index in [1.165, 1.54) is 0 Å². The third-order valence-electron chi connectivity index (χ3n) is 2.66. The molecule has 1 aliphatic heterocycles. The predicted octanol–water partition coefficient (Wildman–Crippen LogP) is 2.34. The van der Waals surface area contributed by atoms with Gasteiger partial charge in [-0.05, 0) is 38.8 Å². The number of hydrogen-bond donors (Lipinski definition) is 0. The average Bonchev–Trinajstić information content (AvgIpc) is 2.74. The molecule has 76 valence electrons. The zero-order chi connectivity index (χ0) is 10.2. The number of carbonyl (C=O) groups is 1. The maximum atomic E-state index is 12.0. The van der Waals surface area contributed by atoms with Crippen molar-refractivity contribution in [3.05, 3.63) is 23.7 Å². The molecule has 1 aromatic rings. The number of aryl methyl sites for hydroxylation is 1. The van der Waals surface area contributed by atoms with Crippen LogP contribution in [0.4, 0.5) is 0 Å². The second kappa shape index (κ2) is 3.24. The van der Waals surface area contributed by atoms with Gasteiger partial charge in [0.1, 0.15) is 11.4 Å². The fourth-order valence-electron chi connectivity index (χ4n) is 1.78. The van der Waals surface area contributed by atoms with E-state index in [-0.39, 0.29) is 5.78 Å². The zero-order valence-electron chi connectivity index (χ0n) is 8.50. The Morgan fingerprint density at radius 2 is 2.29 bits per heavy atom. The van der Waals surface area contributed by atoms with Gasteiger partial charge in [-0.2, -0.15) is 0 Å². The van der Waals surface area contributed by atoms with E-state index >= 15 is 0 Å². The van der Waals surface area contributed by atoms with Crippen LogP contribution in [0.2, 0.25) is 0 Å². The smallest absolute Gasteiger partial charge is 0.229 e. The first-order chi connectivity index (χ1) is 6.62. The Kier molecular flexibility index (Phi) is 2.19. The van der Waals surface area contributed by atoms with Crippen LogP contribution in [-0.4, -0.2) is 18.0 Å². The Morgan fingerprint density at radius 1 is 1.50 bits per heavy atom. The molecule has 0 amide bonds. The number of carbonyl (C=O) groups excluding carboxylic acids is 1. The average molecular weight is 194 g/mol. The molecule has 1 atom stereocenters. The molecule has 0 radical (unpaired) electrons. The molecule has 1 saturated heterocycles. The van der Waals surface area contributed by atoms with Crippen LogP contribution in [0.1, 0.15) is 36.1 Å². The summed E-state index contributed by atoms with van der Waals surface area (Å²) in [7, 11) is 0. The fourth-order valence-corrected chi connectivity index (χ4v) is 1.78. The van der Waals surface area contributed by atoms with Gasteiger partial charge in [-0.1, -0.05) is 0 Å². The Labute approximate surface area is 83.0 Å². The summed E-state index contributed by atoms with van der Waals surface area (Å²) < 4.78 is 10.7. The maximum absolute atomic E-state index is 12.0. The summed E-state index contributed by atoms with van der Waals surface area (Å²) in [4.78, 5) is 12.0. The van der Waals surface area contributed by atoms with Gasteiger partial charge in [-0.25, -0.2) is 0 Å². The van der Waals surface area contributed by atoms with Crippen molar-refractivity contribution in [2.45, 2.75) is 32.3 Å². The van der Waals surface area contributed by atoms with Crippen LogP contribution in [0.3, 0.4) is 0 Å². The maximum Gasteiger partial charge on any atom is 0.229 e. The van der Waals surface area contributed by atoms with E-state index in [1.54, 1.807) is 12.1 Å². The van der Waals surface area contributed by atoms with Crippen LogP contribution in [0.25, 0.3) is 0 Å². The zero-order valence-corrected chi connectivity index (χ0v) is 8.50. The molecule has 1 aliphatic rings. The molecule has 0 aliphatic carbocycles. The number of ether oxygens (including phenoxy) is 1. The quantitative estimate of drug-likeness (QED) is 0.678. The Morgan fingerprint density at radius 3 is 2.79 bits per heavy atom. The second-order valence-corrected chi connectivity index (χ2v) is 3.92. The highest BCUT2D eigenvalue weighted by Crippen LogP contribution is 2.29. The summed E-state index contributed by atoms with van der Waals surface area (Å²) in [5.74, 6) is 1.13. The molecule has 0 saturated carbocycles. The first-order valence-corrected chi connectivity index (χ1v) is 4.87. The molecule has 0 spiro atoms. The van der Waals surface area contributed by atoms with E-state index in [0.29, 0.717) is 12.4 Å². The molecule has 3 nitrogen and oxygen atoms in total. The van der Waals surface area contributed by atoms with Crippen molar-refractivity contribution in [1.82, 2.24) is 0 Å². The molecular formula is C11H14O3. The largest absolute Gasteiger partial charge is 0.458 e. The number of Topliss-reactive ketones (excluding diaryl/α,β-unsaturated/α-hetero) is 1. The summed E-state index contributed by atoms with van der Waals surface area (Å²) in [6.45, 7) is 4.33. The molecule has 1 unspecified atom stereocenters. The lowest BCUT2D eigenvalue weighted by Gasteiger charge is -2.19. The van der Waals surface area contributed by atoms with Gasteiger partial charge in [0.15, 0.2) is 5.76 Å². The van der Waals surface area contributed by atoms with Crippen LogP contribution in [0.15, 0.2) is 16.5 Å². The molecule has 0 bridgehead atoms. The third-order valence-corrected chi connectivity index (χ3v) is 2.66. The summed E-state index contributed by atoms with van der Waals surface area (Å²) in [6.07, 6.45) is 1.73. The van der Waals surface area contributed by atoms with E-state index < -0.39 is 5.60 Å². The summed E-state index contributed by atoms with van der Waals surface area (Å²) in [5.41, 5.74) is -0.662. The number of rotatable bonds is 2. The SMILES string of the molecule is Cc1ccc(C(=O)C2(C)CCCO2)o1. The molecule has 14 heavy (non-hydrogen) atoms. The minimum absolute atomic E-state index is 0.0388. The highest BCUT2D eigenvalue weighted by molar-refractivity contribution is 6.00. The molecule has 1 fully saturated rings. The van der Waals surface area contributed by atoms with Crippen LogP contribution >= 0.6 is 0 Å². The normalized spacial score (nSPS) is 26.7. The van der Waals surface area contributed by atoms with Crippen LogP contribution in [0.5, 0.6) is 0 Å². The van der Waals surface area contributed by atoms with E-state index in [0.717, 1.165) is 18.6 Å². The Bertz CT molecular complexity index is 345. The molecule has 1 aromatic heterocycles. The van der Waals surface area contributed by atoms with Gasteiger partial charge >= 0.3 is 0 Å². The van der Waals surface area contributed by atoms with E-state index in [4.69, 9.17) is 9.15 Å². The Hall–Kier alpha value is -1.09. The van der Waals surface area contributed by atoms with E-state index in [2.05, 4.69) is 0 Å². The molecule has 2 heterocycles. The number of hydrogen-bond acceptors (Lipinski definition) is 3. The summed E-state index contributed by atoms with van der Waals surface area (Å²) in [6, 6.07) is 3.51. The molecule has 3 heteroatoms. The van der Waals surface area contributed by atoms with Crippen molar-refractivity contribution in [2.75, 3.05) is 6.61 Å². The van der Waals surface area contributed by atoms with Crippen LogP contribution < -0.4 is 0 Å². The molecule has 2 rings (SSSR count). The van der Waals surface area contributed by atoms with E-state index in [1.807, 2.05) is 13.8 Å². The van der Waals surface area contributed by atoms with Gasteiger partial charge < -0.3 is 9.15 Å². The summed E-state index contributed by atoms with van der Waals surface area (Å²) in [5, 5.41) is 0. The van der Waals surface area contributed by atoms with Crippen molar-refractivity contribution in [3.8, 4) is 0 Å². The first-order valence-electron chi connectivity index (χ1n) is 4.87. The first kappa shape index (κ1) is 9.46. The van der Waals surface area contributed by atoms with Crippen molar-refractivity contribution in [1.29, 1.82) is 0 Å². The lowest BCUT2D eigenvalue weighted by Crippen LogP contribution is -2.34.